The molecule has 1 atom stereocenters. The van der Waals surface area contributed by atoms with Gasteiger partial charge in [-0.3, -0.25) is 14.4 Å². The van der Waals surface area contributed by atoms with Gasteiger partial charge in [-0.25, -0.2) is 0 Å². The molecule has 0 aromatic rings. The molecule has 0 aliphatic rings. The van der Waals surface area contributed by atoms with Gasteiger partial charge in [-0.2, -0.15) is 0 Å². The van der Waals surface area contributed by atoms with Crippen LogP contribution < -0.4 is 0 Å². The molecule has 0 aromatic carbocycles. The Balaban J connectivity index is 4.52. The molecule has 0 fully saturated rings. The van der Waals surface area contributed by atoms with E-state index >= 15 is 0 Å². The van der Waals surface area contributed by atoms with E-state index in [9.17, 15) is 14.4 Å². The van der Waals surface area contributed by atoms with Crippen molar-refractivity contribution in [3.05, 3.63) is 134 Å². The Morgan fingerprint density at radius 3 is 1.09 bits per heavy atom. The Kier molecular flexibility index (Phi) is 52.5. The van der Waals surface area contributed by atoms with E-state index in [2.05, 4.69) is 81.5 Å². The summed E-state index contributed by atoms with van der Waals surface area (Å²) in [5.41, 5.74) is 0. The molecule has 0 aromatic heterocycles. The second kappa shape index (κ2) is 56.1. The highest BCUT2D eigenvalue weighted by molar-refractivity contribution is 5.71. The van der Waals surface area contributed by atoms with Gasteiger partial charge in [0.05, 0.1) is 0 Å². The zero-order valence-electron chi connectivity index (χ0n) is 44.3. The maximum absolute atomic E-state index is 12.9. The lowest BCUT2D eigenvalue weighted by Gasteiger charge is -2.18. The number of carbonyl (C=O) groups excluding carboxylic acids is 3. The molecule has 0 N–H and O–H groups in total. The Morgan fingerprint density at radius 2 is 0.638 bits per heavy atom. The molecule has 69 heavy (non-hydrogen) atoms. The minimum atomic E-state index is -0.811. The van der Waals surface area contributed by atoms with Crippen LogP contribution in [0, 0.1) is 0 Å². The molecule has 0 radical (unpaired) electrons. The molecule has 388 valence electrons. The van der Waals surface area contributed by atoms with Crippen LogP contribution >= 0.6 is 0 Å². The maximum Gasteiger partial charge on any atom is 0.306 e. The summed E-state index contributed by atoms with van der Waals surface area (Å²) in [6.07, 6.45) is 78.6. The highest BCUT2D eigenvalue weighted by Gasteiger charge is 2.19. The molecule has 1 unspecified atom stereocenters. The summed E-state index contributed by atoms with van der Waals surface area (Å²) in [6.45, 7) is 6.31. The second-order valence-electron chi connectivity index (χ2n) is 17.9. The van der Waals surface area contributed by atoms with Gasteiger partial charge in [0, 0.05) is 19.3 Å². The van der Waals surface area contributed by atoms with E-state index in [4.69, 9.17) is 14.2 Å². The van der Waals surface area contributed by atoms with Crippen molar-refractivity contribution in [3.63, 3.8) is 0 Å². The van der Waals surface area contributed by atoms with E-state index < -0.39 is 6.10 Å². The first-order valence-electron chi connectivity index (χ1n) is 27.8. The van der Waals surface area contributed by atoms with Gasteiger partial charge >= 0.3 is 17.9 Å². The minimum Gasteiger partial charge on any atom is -0.462 e. The fraction of sp³-hybridized carbons (Fsp3) is 0.603. The van der Waals surface area contributed by atoms with Crippen LogP contribution in [0.2, 0.25) is 0 Å². The first-order chi connectivity index (χ1) is 34.0. The van der Waals surface area contributed by atoms with Crippen molar-refractivity contribution in [2.45, 2.75) is 232 Å². The van der Waals surface area contributed by atoms with Gasteiger partial charge < -0.3 is 14.2 Å². The van der Waals surface area contributed by atoms with Crippen molar-refractivity contribution >= 4 is 17.9 Å². The van der Waals surface area contributed by atoms with Crippen LogP contribution in [0.4, 0.5) is 0 Å². The van der Waals surface area contributed by atoms with Crippen molar-refractivity contribution in [2.24, 2.45) is 0 Å². The predicted molar refractivity (Wildman–Crippen MR) is 297 cm³/mol. The number of ether oxygens (including phenoxy) is 3. The fourth-order valence-electron chi connectivity index (χ4n) is 7.20. The zero-order chi connectivity index (χ0) is 50.0. The van der Waals surface area contributed by atoms with Gasteiger partial charge in [-0.05, 0) is 96.3 Å². The third kappa shape index (κ3) is 54.4. The SMILES string of the molecule is CC\C=C/C=C\C=C/C=C\C=C\C=C/C=C\CCCCCC(=O)OCC(COC(=O)CCCCC/C=C\CCCCCCCC)OC(=O)CCCCCCCCCCC/C=C\C/C=C\C/C=C\CC. The number of hydrogen-bond acceptors (Lipinski definition) is 6. The molecule has 0 saturated heterocycles. The number of unbranched alkanes of at least 4 members (excludes halogenated alkanes) is 21. The van der Waals surface area contributed by atoms with E-state index in [-0.39, 0.29) is 31.1 Å². The van der Waals surface area contributed by atoms with Crippen molar-refractivity contribution in [3.8, 4) is 0 Å². The van der Waals surface area contributed by atoms with Gasteiger partial charge in [-0.1, -0.05) is 244 Å². The first-order valence-corrected chi connectivity index (χ1v) is 27.8. The van der Waals surface area contributed by atoms with E-state index in [0.29, 0.717) is 19.3 Å². The third-order valence-corrected chi connectivity index (χ3v) is 11.3. The summed E-state index contributed by atoms with van der Waals surface area (Å²) in [4.78, 5) is 38.1. The zero-order valence-corrected chi connectivity index (χ0v) is 44.3. The average molecular weight is 953 g/mol. The predicted octanol–water partition coefficient (Wildman–Crippen LogP) is 18.6. The normalized spacial score (nSPS) is 13.1. The number of esters is 3. The fourth-order valence-corrected chi connectivity index (χ4v) is 7.20. The smallest absolute Gasteiger partial charge is 0.306 e. The molecule has 0 rings (SSSR count). The van der Waals surface area contributed by atoms with Crippen molar-refractivity contribution < 1.29 is 28.6 Å². The molecule has 0 amide bonds. The monoisotopic (exact) mass is 953 g/mol. The average Bonchev–Trinajstić information content (AvgIpc) is 3.35. The summed E-state index contributed by atoms with van der Waals surface area (Å²) in [7, 11) is 0. The summed E-state index contributed by atoms with van der Waals surface area (Å²) in [5.74, 6) is -0.979. The number of hydrogen-bond donors (Lipinski definition) is 0. The third-order valence-electron chi connectivity index (χ3n) is 11.3. The van der Waals surface area contributed by atoms with Crippen LogP contribution in [0.1, 0.15) is 226 Å². The van der Waals surface area contributed by atoms with Gasteiger partial charge in [0.1, 0.15) is 13.2 Å². The molecular formula is C63H100O6. The Bertz CT molecular complexity index is 1510. The first kappa shape index (κ1) is 64.5. The van der Waals surface area contributed by atoms with E-state index in [1.165, 1.54) is 77.0 Å². The van der Waals surface area contributed by atoms with Gasteiger partial charge in [0.2, 0.25) is 0 Å². The van der Waals surface area contributed by atoms with E-state index in [1.807, 2.05) is 72.9 Å². The van der Waals surface area contributed by atoms with Crippen LogP contribution in [0.15, 0.2) is 134 Å². The maximum atomic E-state index is 12.9. The quantitative estimate of drug-likeness (QED) is 0.0199. The Labute approximate surface area is 424 Å². The molecule has 6 heteroatoms. The van der Waals surface area contributed by atoms with Gasteiger partial charge in [0.15, 0.2) is 6.10 Å². The minimum absolute atomic E-state index is 0.107. The standard InChI is InChI=1S/C63H100O6/c1-4-7-10-13-16-19-22-25-27-29-31-33-35-38-41-44-47-50-53-56-62(65)68-59-60(58-67-61(64)55-52-49-46-43-40-37-24-21-18-15-12-9-6-3)69-63(66)57-54-51-48-45-42-39-36-34-32-30-28-26-23-20-17-14-11-8-5-2/h7-8,10-11,13,16-17,19-20,22,25-29,31,33,35,37-38,40-41,60H,4-6,9,12,14-15,18,21,23-24,30,32,34,36,39,42-59H2,1-3H3/b10-7-,11-8-,16-13-,20-17-,22-19-,27-25-,28-26-,31-29+,35-33-,40-37-,41-38-. The van der Waals surface area contributed by atoms with Crippen LogP contribution in [-0.4, -0.2) is 37.2 Å². The molecule has 0 bridgehead atoms. The lowest BCUT2D eigenvalue weighted by molar-refractivity contribution is -0.167. The molecular weight excluding hydrogens is 853 g/mol. The van der Waals surface area contributed by atoms with E-state index in [1.54, 1.807) is 0 Å². The number of allylic oxidation sites excluding steroid dienone is 22. The summed E-state index contributed by atoms with van der Waals surface area (Å²) in [5, 5.41) is 0. The molecule has 0 heterocycles. The lowest BCUT2D eigenvalue weighted by Crippen LogP contribution is -2.30. The van der Waals surface area contributed by atoms with Crippen molar-refractivity contribution in [1.82, 2.24) is 0 Å². The lowest BCUT2D eigenvalue weighted by atomic mass is 10.1. The summed E-state index contributed by atoms with van der Waals surface area (Å²) >= 11 is 0. The molecule has 6 nitrogen and oxygen atoms in total. The number of rotatable bonds is 48. The van der Waals surface area contributed by atoms with Crippen molar-refractivity contribution in [1.29, 1.82) is 0 Å². The van der Waals surface area contributed by atoms with Gasteiger partial charge in [0.25, 0.3) is 0 Å². The van der Waals surface area contributed by atoms with Crippen molar-refractivity contribution in [2.75, 3.05) is 13.2 Å². The van der Waals surface area contributed by atoms with E-state index in [0.717, 1.165) is 109 Å². The molecule has 0 aliphatic carbocycles. The Morgan fingerprint density at radius 1 is 0.319 bits per heavy atom. The van der Waals surface area contributed by atoms with Crippen LogP contribution in [0.25, 0.3) is 0 Å². The molecule has 0 saturated carbocycles. The largest absolute Gasteiger partial charge is 0.462 e. The highest BCUT2D eigenvalue weighted by atomic mass is 16.6. The summed E-state index contributed by atoms with van der Waals surface area (Å²) < 4.78 is 16.8. The summed E-state index contributed by atoms with van der Waals surface area (Å²) in [6, 6.07) is 0. The topological polar surface area (TPSA) is 78.9 Å². The molecule has 0 spiro atoms. The second-order valence-corrected chi connectivity index (χ2v) is 17.9. The highest BCUT2D eigenvalue weighted by Crippen LogP contribution is 2.14. The Hall–Kier alpha value is -4.45. The van der Waals surface area contributed by atoms with Crippen LogP contribution in [0.5, 0.6) is 0 Å². The number of carbonyl (C=O) groups is 3. The van der Waals surface area contributed by atoms with Crippen LogP contribution in [0.3, 0.4) is 0 Å². The molecule has 0 aliphatic heterocycles. The van der Waals surface area contributed by atoms with Crippen LogP contribution in [-0.2, 0) is 28.6 Å². The van der Waals surface area contributed by atoms with Gasteiger partial charge in [-0.15, -0.1) is 0 Å².